The van der Waals surface area contributed by atoms with Crippen LogP contribution >= 0.6 is 11.8 Å². The van der Waals surface area contributed by atoms with Gasteiger partial charge in [-0.15, -0.1) is 0 Å². The standard InChI is InChI=1S/C16H18N4O2S/c1-21-12-7-6-10(9-13(12)22-2)16(18)20-15(17)14(23-16)11-5-3-4-8-19-11/h3-9,19H,18H2,1-2H3,(H2,17,20). The lowest BCUT2D eigenvalue weighted by Gasteiger charge is -2.21. The van der Waals surface area contributed by atoms with Crippen molar-refractivity contribution in [3.8, 4) is 11.5 Å². The molecule has 1 aromatic rings. The van der Waals surface area contributed by atoms with Gasteiger partial charge in [-0.3, -0.25) is 5.73 Å². The second kappa shape index (κ2) is 6.02. The molecule has 6 nitrogen and oxygen atoms in total. The summed E-state index contributed by atoms with van der Waals surface area (Å²) in [6.07, 6.45) is 7.61. The molecule has 1 unspecified atom stereocenters. The molecule has 0 bridgehead atoms. The number of amidine groups is 1. The third-order valence-electron chi connectivity index (χ3n) is 3.53. The summed E-state index contributed by atoms with van der Waals surface area (Å²) in [4.78, 5) is 4.29. The van der Waals surface area contributed by atoms with Gasteiger partial charge in [-0.1, -0.05) is 23.9 Å². The number of nitrogens with two attached hydrogens (primary N) is 2. The Bertz CT molecular complexity index is 754. The fourth-order valence-electron chi connectivity index (χ4n) is 2.37. The Labute approximate surface area is 138 Å². The summed E-state index contributed by atoms with van der Waals surface area (Å²) in [5, 5.41) is 3.15. The van der Waals surface area contributed by atoms with Gasteiger partial charge < -0.3 is 20.5 Å². The summed E-state index contributed by atoms with van der Waals surface area (Å²) in [5.41, 5.74) is 14.2. The molecule has 23 heavy (non-hydrogen) atoms. The molecule has 2 aliphatic rings. The molecule has 7 heteroatoms. The lowest BCUT2D eigenvalue weighted by molar-refractivity contribution is 0.354. The summed E-state index contributed by atoms with van der Waals surface area (Å²) < 4.78 is 10.6. The predicted molar refractivity (Wildman–Crippen MR) is 93.1 cm³/mol. The van der Waals surface area contributed by atoms with Crippen molar-refractivity contribution in [3.05, 3.63) is 58.8 Å². The third kappa shape index (κ3) is 2.80. The zero-order valence-electron chi connectivity index (χ0n) is 12.9. The zero-order valence-corrected chi connectivity index (χ0v) is 13.7. The highest BCUT2D eigenvalue weighted by Crippen LogP contribution is 2.46. The van der Waals surface area contributed by atoms with Crippen LogP contribution in [0.2, 0.25) is 0 Å². The topological polar surface area (TPSA) is 94.9 Å². The highest BCUT2D eigenvalue weighted by atomic mass is 32.2. The molecule has 0 radical (unpaired) electrons. The van der Waals surface area contributed by atoms with Gasteiger partial charge in [0.2, 0.25) is 0 Å². The third-order valence-corrected chi connectivity index (χ3v) is 4.80. The second-order valence-corrected chi connectivity index (χ2v) is 6.21. The Hall–Kier alpha value is -2.38. The number of ether oxygens (including phenoxy) is 2. The van der Waals surface area contributed by atoms with Gasteiger partial charge in [-0.05, 0) is 24.3 Å². The molecule has 0 spiro atoms. The number of thioether (sulfide) groups is 1. The van der Waals surface area contributed by atoms with E-state index >= 15 is 0 Å². The zero-order chi connectivity index (χ0) is 16.4. The van der Waals surface area contributed by atoms with Gasteiger partial charge >= 0.3 is 0 Å². The summed E-state index contributed by atoms with van der Waals surface area (Å²) in [6, 6.07) is 5.49. The number of hydrogen-bond acceptors (Lipinski definition) is 7. The normalized spacial score (nSPS) is 26.0. The monoisotopic (exact) mass is 330 g/mol. The van der Waals surface area contributed by atoms with E-state index in [1.54, 1.807) is 14.2 Å². The molecule has 2 heterocycles. The van der Waals surface area contributed by atoms with E-state index in [4.69, 9.17) is 20.9 Å². The first-order chi connectivity index (χ1) is 11.1. The van der Waals surface area contributed by atoms with E-state index in [1.807, 2.05) is 42.6 Å². The molecule has 3 rings (SSSR count). The second-order valence-electron chi connectivity index (χ2n) is 4.97. The number of aliphatic imine (C=N–C) groups is 1. The minimum atomic E-state index is -0.997. The van der Waals surface area contributed by atoms with Crippen molar-refractivity contribution in [2.45, 2.75) is 4.99 Å². The van der Waals surface area contributed by atoms with Gasteiger partial charge in [0.15, 0.2) is 16.5 Å². The maximum atomic E-state index is 6.48. The fraction of sp³-hybridized carbons (Fsp3) is 0.188. The first kappa shape index (κ1) is 15.5. The largest absolute Gasteiger partial charge is 0.493 e. The van der Waals surface area contributed by atoms with Gasteiger partial charge in [0, 0.05) is 11.8 Å². The van der Waals surface area contributed by atoms with E-state index in [1.165, 1.54) is 11.8 Å². The Balaban J connectivity index is 1.98. The van der Waals surface area contributed by atoms with Crippen molar-refractivity contribution in [1.82, 2.24) is 5.32 Å². The maximum Gasteiger partial charge on any atom is 0.188 e. The number of nitrogens with one attached hydrogen (secondary N) is 1. The van der Waals surface area contributed by atoms with Gasteiger partial charge in [0.1, 0.15) is 5.84 Å². The van der Waals surface area contributed by atoms with Crippen LogP contribution in [0.3, 0.4) is 0 Å². The quantitative estimate of drug-likeness (QED) is 0.782. The molecular formula is C16H18N4O2S. The number of allylic oxidation sites excluding steroid dienone is 3. The minimum Gasteiger partial charge on any atom is -0.493 e. The number of hydrogen-bond donors (Lipinski definition) is 3. The molecule has 0 aromatic heterocycles. The summed E-state index contributed by atoms with van der Waals surface area (Å²) in [6.45, 7) is 0. The Morgan fingerprint density at radius 1 is 1.17 bits per heavy atom. The fourth-order valence-corrected chi connectivity index (χ4v) is 3.46. The molecule has 1 atom stereocenters. The smallest absolute Gasteiger partial charge is 0.188 e. The van der Waals surface area contributed by atoms with Crippen LogP contribution in [0.5, 0.6) is 11.5 Å². The molecule has 2 aliphatic heterocycles. The van der Waals surface area contributed by atoms with E-state index in [0.717, 1.165) is 16.2 Å². The van der Waals surface area contributed by atoms with Crippen LogP contribution in [0.1, 0.15) is 5.56 Å². The molecule has 5 N–H and O–H groups in total. The van der Waals surface area contributed by atoms with Crippen LogP contribution in [0.25, 0.3) is 0 Å². The molecule has 0 aliphatic carbocycles. The van der Waals surface area contributed by atoms with Crippen LogP contribution in [-0.4, -0.2) is 20.1 Å². The van der Waals surface area contributed by atoms with Crippen molar-refractivity contribution >= 4 is 17.6 Å². The molecule has 0 saturated carbocycles. The highest BCUT2D eigenvalue weighted by molar-refractivity contribution is 8.05. The van der Waals surface area contributed by atoms with E-state index in [0.29, 0.717) is 17.3 Å². The number of dihydropyridines is 1. The molecule has 1 aromatic carbocycles. The number of methoxy groups -OCH3 is 2. The average molecular weight is 330 g/mol. The molecular weight excluding hydrogens is 312 g/mol. The Kier molecular flexibility index (Phi) is 4.06. The number of rotatable bonds is 3. The van der Waals surface area contributed by atoms with Crippen molar-refractivity contribution in [1.29, 1.82) is 0 Å². The average Bonchev–Trinajstić information content (AvgIpc) is 2.91. The molecule has 0 fully saturated rings. The van der Waals surface area contributed by atoms with E-state index in [-0.39, 0.29) is 0 Å². The van der Waals surface area contributed by atoms with Crippen LogP contribution in [-0.2, 0) is 4.99 Å². The first-order valence-corrected chi connectivity index (χ1v) is 7.79. The van der Waals surface area contributed by atoms with Crippen LogP contribution < -0.4 is 26.3 Å². The van der Waals surface area contributed by atoms with Crippen LogP contribution in [0, 0.1) is 0 Å². The van der Waals surface area contributed by atoms with Crippen molar-refractivity contribution < 1.29 is 9.47 Å². The van der Waals surface area contributed by atoms with Crippen molar-refractivity contribution in [2.75, 3.05) is 14.2 Å². The SMILES string of the molecule is COc1ccc(C2(N)N=C(N)C(=C3C=CC=CN3)S2)cc1OC. The Morgan fingerprint density at radius 3 is 2.61 bits per heavy atom. The predicted octanol–water partition coefficient (Wildman–Crippen LogP) is 1.76. The van der Waals surface area contributed by atoms with Gasteiger partial charge in [-0.2, -0.15) is 0 Å². The van der Waals surface area contributed by atoms with Crippen LogP contribution in [0.4, 0.5) is 0 Å². The number of nitrogens with zero attached hydrogens (tertiary/aromatic N) is 1. The summed E-state index contributed by atoms with van der Waals surface area (Å²) in [5.74, 6) is 1.65. The number of benzene rings is 1. The van der Waals surface area contributed by atoms with E-state index < -0.39 is 4.99 Å². The molecule has 0 amide bonds. The van der Waals surface area contributed by atoms with E-state index in [9.17, 15) is 0 Å². The molecule has 0 saturated heterocycles. The lowest BCUT2D eigenvalue weighted by Crippen LogP contribution is -2.28. The highest BCUT2D eigenvalue weighted by Gasteiger charge is 2.38. The minimum absolute atomic E-state index is 0.412. The van der Waals surface area contributed by atoms with Gasteiger partial charge in [0.05, 0.1) is 24.8 Å². The lowest BCUT2D eigenvalue weighted by atomic mass is 10.1. The summed E-state index contributed by atoms with van der Waals surface area (Å²) >= 11 is 1.40. The van der Waals surface area contributed by atoms with Crippen molar-refractivity contribution in [3.63, 3.8) is 0 Å². The Morgan fingerprint density at radius 2 is 1.96 bits per heavy atom. The van der Waals surface area contributed by atoms with Gasteiger partial charge in [-0.25, -0.2) is 4.99 Å². The van der Waals surface area contributed by atoms with Gasteiger partial charge in [0.25, 0.3) is 0 Å². The summed E-state index contributed by atoms with van der Waals surface area (Å²) in [7, 11) is 3.17. The van der Waals surface area contributed by atoms with Crippen LogP contribution in [0.15, 0.2) is 58.2 Å². The first-order valence-electron chi connectivity index (χ1n) is 6.97. The van der Waals surface area contributed by atoms with E-state index in [2.05, 4.69) is 10.3 Å². The van der Waals surface area contributed by atoms with Crippen molar-refractivity contribution in [2.24, 2.45) is 16.5 Å². The molecule has 120 valence electrons. The maximum absolute atomic E-state index is 6.48.